The van der Waals surface area contributed by atoms with E-state index < -0.39 is 0 Å². The number of nitrogens with one attached hydrogen (secondary N) is 1. The van der Waals surface area contributed by atoms with E-state index in [1.165, 1.54) is 11.8 Å². The number of piperidine rings is 1. The lowest BCUT2D eigenvalue weighted by Gasteiger charge is -2.39. The van der Waals surface area contributed by atoms with E-state index in [0.29, 0.717) is 10.7 Å². The third-order valence-corrected chi connectivity index (χ3v) is 5.66. The molecule has 0 spiro atoms. The van der Waals surface area contributed by atoms with Gasteiger partial charge in [0.15, 0.2) is 5.16 Å². The van der Waals surface area contributed by atoms with Gasteiger partial charge < -0.3 is 15.6 Å². The minimum absolute atomic E-state index is 0.0723. The van der Waals surface area contributed by atoms with Crippen LogP contribution in [0.5, 0.6) is 0 Å². The fourth-order valence-corrected chi connectivity index (χ4v) is 4.28. The van der Waals surface area contributed by atoms with Gasteiger partial charge in [-0.25, -0.2) is 4.98 Å². The molecule has 1 aliphatic heterocycles. The predicted octanol–water partition coefficient (Wildman–Crippen LogP) is 2.90. The SMILES string of the molecule is C[C@@H]1CCC[C@@H](C)N1C(=O)CSc1nc(N)c(-c2ccccc2)c(=O)[nH]1. The molecule has 2 atom stereocenters. The number of amides is 1. The van der Waals surface area contributed by atoms with E-state index in [1.54, 1.807) is 0 Å². The van der Waals surface area contributed by atoms with Crippen molar-refractivity contribution in [2.75, 3.05) is 11.5 Å². The van der Waals surface area contributed by atoms with Crippen LogP contribution >= 0.6 is 11.8 Å². The smallest absolute Gasteiger partial charge is 0.261 e. The van der Waals surface area contributed by atoms with Gasteiger partial charge in [-0.3, -0.25) is 9.59 Å². The highest BCUT2D eigenvalue weighted by Gasteiger charge is 2.28. The number of nitrogen functional groups attached to an aromatic ring is 1. The van der Waals surface area contributed by atoms with Crippen molar-refractivity contribution in [1.29, 1.82) is 0 Å². The van der Waals surface area contributed by atoms with Crippen molar-refractivity contribution in [1.82, 2.24) is 14.9 Å². The van der Waals surface area contributed by atoms with Crippen LogP contribution in [-0.2, 0) is 4.79 Å². The molecule has 2 aromatic rings. The molecule has 1 saturated heterocycles. The molecule has 1 aromatic heterocycles. The minimum atomic E-state index is -0.293. The lowest BCUT2D eigenvalue weighted by molar-refractivity contribution is -0.134. The van der Waals surface area contributed by atoms with Crippen LogP contribution in [0.25, 0.3) is 11.1 Å². The summed E-state index contributed by atoms with van der Waals surface area (Å²) in [6.07, 6.45) is 3.23. The summed E-state index contributed by atoms with van der Waals surface area (Å²) in [7, 11) is 0. The van der Waals surface area contributed by atoms with Gasteiger partial charge in [-0.15, -0.1) is 0 Å². The summed E-state index contributed by atoms with van der Waals surface area (Å²) in [6.45, 7) is 4.18. The van der Waals surface area contributed by atoms with Gasteiger partial charge in [0.2, 0.25) is 5.91 Å². The number of anilines is 1. The van der Waals surface area contributed by atoms with Crippen molar-refractivity contribution < 1.29 is 4.79 Å². The van der Waals surface area contributed by atoms with Crippen molar-refractivity contribution in [3.05, 3.63) is 40.7 Å². The maximum atomic E-state index is 12.6. The molecule has 0 bridgehead atoms. The molecule has 1 aromatic carbocycles. The first-order chi connectivity index (χ1) is 12.5. The molecule has 0 radical (unpaired) electrons. The summed E-state index contributed by atoms with van der Waals surface area (Å²) in [5.41, 5.74) is 6.80. The van der Waals surface area contributed by atoms with Gasteiger partial charge in [-0.2, -0.15) is 0 Å². The molecular weight excluding hydrogens is 348 g/mol. The number of hydrogen-bond acceptors (Lipinski definition) is 5. The van der Waals surface area contributed by atoms with Crippen LogP contribution in [0.1, 0.15) is 33.1 Å². The fourth-order valence-electron chi connectivity index (χ4n) is 3.54. The molecule has 3 rings (SSSR count). The maximum absolute atomic E-state index is 12.6. The van der Waals surface area contributed by atoms with Crippen molar-refractivity contribution in [2.24, 2.45) is 0 Å². The van der Waals surface area contributed by atoms with Gasteiger partial charge in [-0.05, 0) is 38.7 Å². The van der Waals surface area contributed by atoms with Gasteiger partial charge >= 0.3 is 0 Å². The molecule has 0 saturated carbocycles. The first kappa shape index (κ1) is 18.5. The molecule has 1 aliphatic rings. The van der Waals surface area contributed by atoms with Crippen LogP contribution in [0.4, 0.5) is 5.82 Å². The summed E-state index contributed by atoms with van der Waals surface area (Å²) in [5, 5.41) is 0.373. The molecule has 3 N–H and O–H groups in total. The van der Waals surface area contributed by atoms with Crippen LogP contribution in [0.2, 0.25) is 0 Å². The number of nitrogens with two attached hydrogens (primary N) is 1. The normalized spacial score (nSPS) is 20.2. The number of likely N-dealkylation sites (tertiary alicyclic amines) is 1. The standard InChI is InChI=1S/C19H24N4O2S/c1-12-7-6-8-13(2)23(12)15(24)11-26-19-21-17(20)16(18(25)22-19)14-9-4-3-5-10-14/h3-5,9-10,12-13H,6-8,11H2,1-2H3,(H3,20,21,22,25)/t12-,13-/m1/s1. The van der Waals surface area contributed by atoms with E-state index in [2.05, 4.69) is 23.8 Å². The Bertz CT molecular complexity index is 827. The second kappa shape index (κ2) is 7.95. The van der Waals surface area contributed by atoms with E-state index in [9.17, 15) is 9.59 Å². The third kappa shape index (κ3) is 3.93. The summed E-state index contributed by atoms with van der Waals surface area (Å²) in [4.78, 5) is 34.0. The zero-order valence-electron chi connectivity index (χ0n) is 15.1. The molecule has 0 aliphatic carbocycles. The second-order valence-corrected chi connectivity index (χ2v) is 7.68. The zero-order valence-corrected chi connectivity index (χ0v) is 15.9. The van der Waals surface area contributed by atoms with E-state index in [1.807, 2.05) is 35.2 Å². The molecule has 1 fully saturated rings. The largest absolute Gasteiger partial charge is 0.383 e. The molecule has 7 heteroatoms. The number of carbonyl (C=O) groups excluding carboxylic acids is 1. The highest BCUT2D eigenvalue weighted by atomic mass is 32.2. The van der Waals surface area contributed by atoms with E-state index in [0.717, 1.165) is 24.8 Å². The second-order valence-electron chi connectivity index (χ2n) is 6.72. The Hall–Kier alpha value is -2.28. The van der Waals surface area contributed by atoms with Crippen LogP contribution < -0.4 is 11.3 Å². The third-order valence-electron chi connectivity index (χ3n) is 4.80. The van der Waals surface area contributed by atoms with Gasteiger partial charge in [0.25, 0.3) is 5.56 Å². The Balaban J connectivity index is 1.73. The van der Waals surface area contributed by atoms with E-state index in [-0.39, 0.29) is 35.1 Å². The average molecular weight is 372 g/mol. The average Bonchev–Trinajstić information content (AvgIpc) is 2.60. The van der Waals surface area contributed by atoms with Crippen molar-refractivity contribution in [3.8, 4) is 11.1 Å². The highest BCUT2D eigenvalue weighted by molar-refractivity contribution is 7.99. The van der Waals surface area contributed by atoms with Crippen molar-refractivity contribution in [3.63, 3.8) is 0 Å². The van der Waals surface area contributed by atoms with Gasteiger partial charge in [-0.1, -0.05) is 42.1 Å². The monoisotopic (exact) mass is 372 g/mol. The lowest BCUT2D eigenvalue weighted by atomic mass is 9.98. The van der Waals surface area contributed by atoms with Crippen molar-refractivity contribution in [2.45, 2.75) is 50.4 Å². The first-order valence-corrected chi connectivity index (χ1v) is 9.85. The molecule has 2 heterocycles. The first-order valence-electron chi connectivity index (χ1n) is 8.86. The fraction of sp³-hybridized carbons (Fsp3) is 0.421. The number of thioether (sulfide) groups is 1. The van der Waals surface area contributed by atoms with Crippen LogP contribution in [-0.4, -0.2) is 38.6 Å². The number of H-pyrrole nitrogens is 1. The Morgan fingerprint density at radius 3 is 2.54 bits per heavy atom. The Kier molecular flexibility index (Phi) is 5.66. The topological polar surface area (TPSA) is 92.1 Å². The maximum Gasteiger partial charge on any atom is 0.261 e. The summed E-state index contributed by atoms with van der Waals surface area (Å²) in [5.74, 6) is 0.486. The van der Waals surface area contributed by atoms with E-state index in [4.69, 9.17) is 5.73 Å². The van der Waals surface area contributed by atoms with Crippen LogP contribution in [0.3, 0.4) is 0 Å². The Morgan fingerprint density at radius 1 is 1.27 bits per heavy atom. The molecule has 0 unspecified atom stereocenters. The number of nitrogens with zero attached hydrogens (tertiary/aromatic N) is 2. The summed E-state index contributed by atoms with van der Waals surface area (Å²) < 4.78 is 0. The molecular formula is C19H24N4O2S. The lowest BCUT2D eigenvalue weighted by Crippen LogP contribution is -2.48. The molecule has 138 valence electrons. The van der Waals surface area contributed by atoms with Crippen LogP contribution in [0, 0.1) is 0 Å². The number of rotatable bonds is 4. The molecule has 26 heavy (non-hydrogen) atoms. The zero-order chi connectivity index (χ0) is 18.7. The van der Waals surface area contributed by atoms with Gasteiger partial charge in [0.1, 0.15) is 5.82 Å². The molecule has 6 nitrogen and oxygen atoms in total. The Labute approximate surface area is 157 Å². The van der Waals surface area contributed by atoms with Gasteiger partial charge in [0, 0.05) is 12.1 Å². The van der Waals surface area contributed by atoms with Crippen molar-refractivity contribution >= 4 is 23.5 Å². The minimum Gasteiger partial charge on any atom is -0.383 e. The number of carbonyl (C=O) groups is 1. The number of aromatic nitrogens is 2. The predicted molar refractivity (Wildman–Crippen MR) is 105 cm³/mol. The summed E-state index contributed by atoms with van der Waals surface area (Å²) >= 11 is 1.22. The quantitative estimate of drug-likeness (QED) is 0.636. The Morgan fingerprint density at radius 2 is 1.92 bits per heavy atom. The van der Waals surface area contributed by atoms with E-state index >= 15 is 0 Å². The van der Waals surface area contributed by atoms with Gasteiger partial charge in [0.05, 0.1) is 11.3 Å². The molecule has 1 amide bonds. The number of hydrogen-bond donors (Lipinski definition) is 2. The summed E-state index contributed by atoms with van der Waals surface area (Å²) in [6, 6.07) is 9.71. The number of aromatic amines is 1. The van der Waals surface area contributed by atoms with Crippen LogP contribution in [0.15, 0.2) is 40.3 Å². The number of benzene rings is 1. The highest BCUT2D eigenvalue weighted by Crippen LogP contribution is 2.25.